The van der Waals surface area contributed by atoms with Crippen LogP contribution in [0, 0.1) is 0 Å². The molecule has 2 nitrogen and oxygen atoms in total. The summed E-state index contributed by atoms with van der Waals surface area (Å²) in [6.07, 6.45) is 4.82. The van der Waals surface area contributed by atoms with Gasteiger partial charge in [0.15, 0.2) is 0 Å². The highest BCUT2D eigenvalue weighted by Gasteiger charge is 2.16. The van der Waals surface area contributed by atoms with E-state index in [1.165, 1.54) is 19.8 Å². The van der Waals surface area contributed by atoms with Crippen LogP contribution in [-0.2, 0) is 9.53 Å². The van der Waals surface area contributed by atoms with E-state index in [0.29, 0.717) is 0 Å². The predicted octanol–water partition coefficient (Wildman–Crippen LogP) is 2.11. The summed E-state index contributed by atoms with van der Waals surface area (Å²) in [5.74, 6) is -0.137. The van der Waals surface area contributed by atoms with Crippen molar-refractivity contribution in [1.82, 2.24) is 0 Å². The number of halogens is 1. The van der Waals surface area contributed by atoms with Gasteiger partial charge in [-0.1, -0.05) is 0 Å². The molecule has 1 saturated carbocycles. The van der Waals surface area contributed by atoms with Crippen molar-refractivity contribution in [1.29, 1.82) is 0 Å². The maximum Gasteiger partial charge on any atom is 0.302 e. The molecule has 0 aromatic heterocycles. The Labute approximate surface area is 78.3 Å². The number of carbonyl (C=O) groups excluding carboxylic acids is 1. The van der Waals surface area contributed by atoms with Gasteiger partial charge in [-0.15, -0.1) is 24.0 Å². The third kappa shape index (κ3) is 3.39. The van der Waals surface area contributed by atoms with Crippen LogP contribution in [0.15, 0.2) is 0 Å². The zero-order chi connectivity index (χ0) is 6.69. The summed E-state index contributed by atoms with van der Waals surface area (Å²) in [5, 5.41) is 0. The van der Waals surface area contributed by atoms with Gasteiger partial charge < -0.3 is 4.74 Å². The van der Waals surface area contributed by atoms with Crippen molar-refractivity contribution in [3.8, 4) is 0 Å². The molecule has 1 fully saturated rings. The molecule has 3 heteroatoms. The zero-order valence-corrected chi connectivity index (χ0v) is 8.46. The third-order valence-corrected chi connectivity index (χ3v) is 1.63. The first-order valence-electron chi connectivity index (χ1n) is 3.46. The lowest BCUT2D eigenvalue weighted by Gasteiger charge is -2.07. The molecule has 0 aromatic carbocycles. The van der Waals surface area contributed by atoms with Crippen LogP contribution < -0.4 is 0 Å². The predicted molar refractivity (Wildman–Crippen MR) is 49.4 cm³/mol. The molecule has 0 atom stereocenters. The molecule has 1 rings (SSSR count). The molecule has 0 bridgehead atoms. The highest BCUT2D eigenvalue weighted by Crippen LogP contribution is 2.20. The summed E-state index contributed by atoms with van der Waals surface area (Å²) in [6.45, 7) is 1.47. The van der Waals surface area contributed by atoms with Gasteiger partial charge in [0.25, 0.3) is 0 Å². The van der Waals surface area contributed by atoms with E-state index in [0.717, 1.165) is 12.8 Å². The lowest BCUT2D eigenvalue weighted by Crippen LogP contribution is -2.10. The lowest BCUT2D eigenvalue weighted by atomic mass is 10.3. The number of hydrogen-bond acceptors (Lipinski definition) is 2. The standard InChI is InChI=1S/C7H12O2.HI/c1-6(8)9-7-4-2-3-5-7;/h7H,2-5H2,1H3;1H. The molecule has 0 spiro atoms. The Hall–Kier alpha value is 0.200. The van der Waals surface area contributed by atoms with Crippen molar-refractivity contribution < 1.29 is 9.53 Å². The number of esters is 1. The summed E-state index contributed by atoms with van der Waals surface area (Å²) in [6, 6.07) is 0. The van der Waals surface area contributed by atoms with E-state index in [1.807, 2.05) is 0 Å². The van der Waals surface area contributed by atoms with E-state index in [2.05, 4.69) is 0 Å². The molecule has 10 heavy (non-hydrogen) atoms. The fourth-order valence-corrected chi connectivity index (χ4v) is 1.24. The monoisotopic (exact) mass is 256 g/mol. The van der Waals surface area contributed by atoms with Crippen LogP contribution in [0.2, 0.25) is 0 Å². The fraction of sp³-hybridized carbons (Fsp3) is 0.857. The minimum absolute atomic E-state index is 0. The Morgan fingerprint density at radius 3 is 2.30 bits per heavy atom. The van der Waals surface area contributed by atoms with Gasteiger partial charge >= 0.3 is 5.97 Å². The number of ether oxygens (including phenoxy) is 1. The van der Waals surface area contributed by atoms with E-state index in [4.69, 9.17) is 4.74 Å². The van der Waals surface area contributed by atoms with Crippen molar-refractivity contribution in [2.75, 3.05) is 0 Å². The molecular formula is C7H13IO2. The van der Waals surface area contributed by atoms with Gasteiger partial charge in [-0.05, 0) is 25.7 Å². The molecule has 0 unspecified atom stereocenters. The molecule has 0 amide bonds. The summed E-state index contributed by atoms with van der Waals surface area (Å²) >= 11 is 0. The lowest BCUT2D eigenvalue weighted by molar-refractivity contribution is -0.145. The van der Waals surface area contributed by atoms with E-state index in [9.17, 15) is 4.79 Å². The number of rotatable bonds is 1. The maximum absolute atomic E-state index is 10.4. The Morgan fingerprint density at radius 1 is 1.40 bits per heavy atom. The zero-order valence-electron chi connectivity index (χ0n) is 6.13. The molecule has 1 aliphatic rings. The number of carbonyl (C=O) groups is 1. The van der Waals surface area contributed by atoms with E-state index >= 15 is 0 Å². The highest BCUT2D eigenvalue weighted by atomic mass is 127. The summed E-state index contributed by atoms with van der Waals surface area (Å²) in [5.41, 5.74) is 0. The Morgan fingerprint density at radius 2 is 1.90 bits per heavy atom. The van der Waals surface area contributed by atoms with E-state index in [-0.39, 0.29) is 36.0 Å². The van der Waals surface area contributed by atoms with Crippen molar-refractivity contribution >= 4 is 29.9 Å². The largest absolute Gasteiger partial charge is 0.463 e. The maximum atomic E-state index is 10.4. The van der Waals surface area contributed by atoms with Crippen molar-refractivity contribution in [3.63, 3.8) is 0 Å². The molecule has 0 heterocycles. The van der Waals surface area contributed by atoms with Gasteiger partial charge in [-0.3, -0.25) is 4.79 Å². The summed E-state index contributed by atoms with van der Waals surface area (Å²) < 4.78 is 4.97. The topological polar surface area (TPSA) is 26.3 Å². The average molecular weight is 256 g/mol. The van der Waals surface area contributed by atoms with Gasteiger partial charge in [-0.25, -0.2) is 0 Å². The SMILES string of the molecule is CC(=O)OC1CCCC1.I. The summed E-state index contributed by atoms with van der Waals surface area (Å²) in [4.78, 5) is 10.4. The molecule has 0 aromatic rings. The second kappa shape index (κ2) is 4.93. The molecule has 0 saturated heterocycles. The minimum atomic E-state index is -0.137. The Bertz CT molecular complexity index is 108. The van der Waals surface area contributed by atoms with Gasteiger partial charge in [0.1, 0.15) is 6.10 Å². The van der Waals surface area contributed by atoms with Crippen LogP contribution in [-0.4, -0.2) is 12.1 Å². The van der Waals surface area contributed by atoms with Gasteiger partial charge in [0.05, 0.1) is 0 Å². The normalized spacial score (nSPS) is 18.1. The Balaban J connectivity index is 0.000000810. The van der Waals surface area contributed by atoms with Crippen molar-refractivity contribution in [2.24, 2.45) is 0 Å². The van der Waals surface area contributed by atoms with Gasteiger partial charge in [0, 0.05) is 6.92 Å². The smallest absolute Gasteiger partial charge is 0.302 e. The first kappa shape index (κ1) is 10.2. The second-order valence-corrected chi connectivity index (χ2v) is 2.52. The van der Waals surface area contributed by atoms with Crippen LogP contribution in [0.1, 0.15) is 32.6 Å². The number of hydrogen-bond donors (Lipinski definition) is 0. The van der Waals surface area contributed by atoms with Crippen molar-refractivity contribution in [2.45, 2.75) is 38.7 Å². The Kier molecular flexibility index (Phi) is 5.03. The van der Waals surface area contributed by atoms with Crippen molar-refractivity contribution in [3.05, 3.63) is 0 Å². The quantitative estimate of drug-likeness (QED) is 0.530. The van der Waals surface area contributed by atoms with Gasteiger partial charge in [-0.2, -0.15) is 0 Å². The summed E-state index contributed by atoms with van der Waals surface area (Å²) in [7, 11) is 0. The minimum Gasteiger partial charge on any atom is -0.463 e. The first-order valence-corrected chi connectivity index (χ1v) is 3.46. The highest BCUT2D eigenvalue weighted by molar-refractivity contribution is 14.0. The molecule has 0 radical (unpaired) electrons. The van der Waals surface area contributed by atoms with E-state index in [1.54, 1.807) is 0 Å². The first-order chi connectivity index (χ1) is 4.29. The van der Waals surface area contributed by atoms with Crippen LogP contribution in [0.4, 0.5) is 0 Å². The van der Waals surface area contributed by atoms with Crippen LogP contribution in [0.25, 0.3) is 0 Å². The van der Waals surface area contributed by atoms with Crippen LogP contribution in [0.3, 0.4) is 0 Å². The third-order valence-electron chi connectivity index (χ3n) is 1.63. The molecule has 0 aliphatic heterocycles. The molecular weight excluding hydrogens is 243 g/mol. The molecule has 60 valence electrons. The van der Waals surface area contributed by atoms with Gasteiger partial charge in [0.2, 0.25) is 0 Å². The molecule has 0 N–H and O–H groups in total. The second-order valence-electron chi connectivity index (χ2n) is 2.52. The van der Waals surface area contributed by atoms with Crippen LogP contribution >= 0.6 is 24.0 Å². The molecule has 1 aliphatic carbocycles. The average Bonchev–Trinajstić information content (AvgIpc) is 2.15. The fourth-order valence-electron chi connectivity index (χ4n) is 1.24. The van der Waals surface area contributed by atoms with Crippen LogP contribution in [0.5, 0.6) is 0 Å². The van der Waals surface area contributed by atoms with E-state index < -0.39 is 0 Å².